The van der Waals surface area contributed by atoms with Crippen molar-refractivity contribution in [3.63, 3.8) is 0 Å². The van der Waals surface area contributed by atoms with Crippen LogP contribution in [0.5, 0.6) is 11.5 Å². The van der Waals surface area contributed by atoms with E-state index >= 15 is 0 Å². The number of aromatic hydroxyl groups is 1. The number of benzene rings is 1. The third-order valence-electron chi connectivity index (χ3n) is 4.58. The second-order valence-corrected chi connectivity index (χ2v) is 6.55. The summed E-state index contributed by atoms with van der Waals surface area (Å²) < 4.78 is 5.12. The molecule has 1 aromatic carbocycles. The van der Waals surface area contributed by atoms with E-state index in [2.05, 4.69) is 6.92 Å². The lowest BCUT2D eigenvalue weighted by Gasteiger charge is -2.14. The molecule has 136 valence electrons. The fourth-order valence-corrected chi connectivity index (χ4v) is 3.00. The fourth-order valence-electron chi connectivity index (χ4n) is 3.00. The minimum Gasteiger partial charge on any atom is -0.504 e. The molecule has 0 saturated carbocycles. The maximum atomic E-state index is 11.7. The molecule has 24 heavy (non-hydrogen) atoms. The van der Waals surface area contributed by atoms with Gasteiger partial charge in [0, 0.05) is 5.92 Å². The summed E-state index contributed by atoms with van der Waals surface area (Å²) in [6.07, 6.45) is 11.1. The number of amides is 1. The molecule has 0 aromatic heterocycles. The van der Waals surface area contributed by atoms with E-state index in [9.17, 15) is 9.90 Å². The molecular weight excluding hydrogens is 302 g/mol. The number of carbonyl (C=O) groups is 1. The molecule has 0 radical (unpaired) electrons. The number of rotatable bonds is 13. The molecule has 4 heteroatoms. The Labute approximate surface area is 146 Å². The number of phenolic OH excluding ortho intramolecular Hbond substituents is 1. The summed E-state index contributed by atoms with van der Waals surface area (Å²) in [5, 5.41) is 9.62. The maximum absolute atomic E-state index is 11.7. The Morgan fingerprint density at radius 2 is 1.79 bits per heavy atom. The summed E-state index contributed by atoms with van der Waals surface area (Å²) in [5.41, 5.74) is 6.61. The molecule has 1 aromatic rings. The summed E-state index contributed by atoms with van der Waals surface area (Å²) >= 11 is 0. The van der Waals surface area contributed by atoms with Crippen LogP contribution in [0.3, 0.4) is 0 Å². The van der Waals surface area contributed by atoms with Gasteiger partial charge in [0.05, 0.1) is 7.11 Å². The maximum Gasteiger partial charge on any atom is 0.220 e. The first-order chi connectivity index (χ1) is 11.6. The van der Waals surface area contributed by atoms with Crippen LogP contribution in [0.4, 0.5) is 0 Å². The van der Waals surface area contributed by atoms with Crippen molar-refractivity contribution in [1.82, 2.24) is 0 Å². The number of methoxy groups -OCH3 is 1. The number of phenols is 1. The normalized spacial score (nSPS) is 12.1. The highest BCUT2D eigenvalue weighted by atomic mass is 16.5. The largest absolute Gasteiger partial charge is 0.504 e. The quantitative estimate of drug-likeness (QED) is 0.518. The number of primary amides is 1. The lowest BCUT2D eigenvalue weighted by atomic mass is 9.93. The van der Waals surface area contributed by atoms with Crippen LogP contribution in [0.25, 0.3) is 0 Å². The predicted octanol–water partition coefficient (Wildman–Crippen LogP) is 4.58. The molecule has 1 unspecified atom stereocenters. The monoisotopic (exact) mass is 335 g/mol. The lowest BCUT2D eigenvalue weighted by Crippen LogP contribution is -2.23. The average molecular weight is 335 g/mol. The van der Waals surface area contributed by atoms with Gasteiger partial charge in [-0.1, -0.05) is 57.9 Å². The number of hydrogen-bond acceptors (Lipinski definition) is 3. The molecule has 3 N–H and O–H groups in total. The number of unbranched alkanes of at least 4 members (excludes halogenated alkanes) is 6. The first-order valence-electron chi connectivity index (χ1n) is 9.23. The molecule has 4 nitrogen and oxygen atoms in total. The molecule has 0 spiro atoms. The predicted molar refractivity (Wildman–Crippen MR) is 98.3 cm³/mol. The van der Waals surface area contributed by atoms with E-state index in [1.165, 1.54) is 45.6 Å². The van der Waals surface area contributed by atoms with E-state index in [0.717, 1.165) is 31.2 Å². The Bertz CT molecular complexity index is 488. The van der Waals surface area contributed by atoms with Gasteiger partial charge in [-0.25, -0.2) is 0 Å². The van der Waals surface area contributed by atoms with Gasteiger partial charge in [-0.05, 0) is 37.0 Å². The summed E-state index contributed by atoms with van der Waals surface area (Å²) in [6, 6.07) is 5.31. The molecule has 0 aliphatic rings. The smallest absolute Gasteiger partial charge is 0.220 e. The molecule has 0 aliphatic heterocycles. The number of nitrogens with two attached hydrogens (primary N) is 1. The second-order valence-electron chi connectivity index (χ2n) is 6.55. The zero-order chi connectivity index (χ0) is 17.8. The first kappa shape index (κ1) is 20.3. The van der Waals surface area contributed by atoms with Gasteiger partial charge < -0.3 is 15.6 Å². The zero-order valence-corrected chi connectivity index (χ0v) is 15.2. The summed E-state index contributed by atoms with van der Waals surface area (Å²) in [7, 11) is 1.53. The fraction of sp³-hybridized carbons (Fsp3) is 0.650. The van der Waals surface area contributed by atoms with E-state index in [-0.39, 0.29) is 17.6 Å². The Kier molecular flexibility index (Phi) is 9.97. The Balaban J connectivity index is 2.34. The van der Waals surface area contributed by atoms with Crippen molar-refractivity contribution >= 4 is 5.91 Å². The number of ether oxygens (including phenoxy) is 1. The molecule has 0 saturated heterocycles. The zero-order valence-electron chi connectivity index (χ0n) is 15.2. The standard InChI is InChI=1S/C20H33NO3/c1-3-4-5-6-7-8-9-10-17(20(21)23)13-11-16-12-14-18(22)19(15-16)24-2/h12,14-15,17,22H,3-11,13H2,1-2H3,(H2,21,23). The van der Waals surface area contributed by atoms with Crippen molar-refractivity contribution in [2.75, 3.05) is 7.11 Å². The summed E-state index contributed by atoms with van der Waals surface area (Å²) in [4.78, 5) is 11.7. The van der Waals surface area contributed by atoms with Gasteiger partial charge in [-0.2, -0.15) is 0 Å². The minimum atomic E-state index is -0.202. The van der Waals surface area contributed by atoms with E-state index < -0.39 is 0 Å². The molecule has 0 bridgehead atoms. The number of hydrogen-bond donors (Lipinski definition) is 2. The van der Waals surface area contributed by atoms with Crippen molar-refractivity contribution in [3.8, 4) is 11.5 Å². The minimum absolute atomic E-state index is 0.0690. The van der Waals surface area contributed by atoms with Crippen LogP contribution in [0.15, 0.2) is 18.2 Å². The van der Waals surface area contributed by atoms with Crippen LogP contribution in [0.1, 0.15) is 70.3 Å². The van der Waals surface area contributed by atoms with E-state index in [1.807, 2.05) is 12.1 Å². The highest BCUT2D eigenvalue weighted by molar-refractivity contribution is 5.76. The lowest BCUT2D eigenvalue weighted by molar-refractivity contribution is -0.122. The van der Waals surface area contributed by atoms with Gasteiger partial charge in [0.25, 0.3) is 0 Å². The molecule has 1 amide bonds. The Morgan fingerprint density at radius 1 is 1.12 bits per heavy atom. The van der Waals surface area contributed by atoms with Crippen molar-refractivity contribution in [2.24, 2.45) is 11.7 Å². The SMILES string of the molecule is CCCCCCCCCC(CCc1ccc(O)c(OC)c1)C(N)=O. The van der Waals surface area contributed by atoms with Crippen LogP contribution < -0.4 is 10.5 Å². The molecule has 0 aliphatic carbocycles. The van der Waals surface area contributed by atoms with Gasteiger partial charge in [0.1, 0.15) is 0 Å². The van der Waals surface area contributed by atoms with Crippen LogP contribution in [-0.2, 0) is 11.2 Å². The van der Waals surface area contributed by atoms with Gasteiger partial charge in [-0.3, -0.25) is 4.79 Å². The van der Waals surface area contributed by atoms with Crippen molar-refractivity contribution in [2.45, 2.75) is 71.1 Å². The second kappa shape index (κ2) is 11.8. The highest BCUT2D eigenvalue weighted by Crippen LogP contribution is 2.27. The molecule has 0 fully saturated rings. The van der Waals surface area contributed by atoms with Crippen LogP contribution in [-0.4, -0.2) is 18.1 Å². The molecule has 0 heterocycles. The molecule has 1 rings (SSSR count). The van der Waals surface area contributed by atoms with Crippen LogP contribution in [0, 0.1) is 5.92 Å². The molecule has 1 atom stereocenters. The average Bonchev–Trinajstić information content (AvgIpc) is 2.57. The molecular formula is C20H33NO3. The van der Waals surface area contributed by atoms with Gasteiger partial charge >= 0.3 is 0 Å². The van der Waals surface area contributed by atoms with Crippen molar-refractivity contribution in [1.29, 1.82) is 0 Å². The summed E-state index contributed by atoms with van der Waals surface area (Å²) in [6.45, 7) is 2.22. The third kappa shape index (κ3) is 7.71. The topological polar surface area (TPSA) is 72.6 Å². The first-order valence-corrected chi connectivity index (χ1v) is 9.23. The van der Waals surface area contributed by atoms with Crippen LogP contribution in [0.2, 0.25) is 0 Å². The van der Waals surface area contributed by atoms with Gasteiger partial charge in [0.15, 0.2) is 11.5 Å². The number of carbonyl (C=O) groups excluding carboxylic acids is 1. The third-order valence-corrected chi connectivity index (χ3v) is 4.58. The van der Waals surface area contributed by atoms with E-state index in [1.54, 1.807) is 6.07 Å². The highest BCUT2D eigenvalue weighted by Gasteiger charge is 2.15. The van der Waals surface area contributed by atoms with Crippen molar-refractivity contribution < 1.29 is 14.6 Å². The van der Waals surface area contributed by atoms with Gasteiger partial charge in [-0.15, -0.1) is 0 Å². The van der Waals surface area contributed by atoms with E-state index in [0.29, 0.717) is 5.75 Å². The van der Waals surface area contributed by atoms with Crippen molar-refractivity contribution in [3.05, 3.63) is 23.8 Å². The van der Waals surface area contributed by atoms with Crippen LogP contribution >= 0.6 is 0 Å². The Morgan fingerprint density at radius 3 is 2.42 bits per heavy atom. The van der Waals surface area contributed by atoms with E-state index in [4.69, 9.17) is 10.5 Å². The van der Waals surface area contributed by atoms with Gasteiger partial charge in [0.2, 0.25) is 5.91 Å². The Hall–Kier alpha value is -1.71. The summed E-state index contributed by atoms with van der Waals surface area (Å²) in [5.74, 6) is 0.332. The number of aryl methyl sites for hydroxylation is 1.